The van der Waals surface area contributed by atoms with Gasteiger partial charge in [-0.3, -0.25) is 4.99 Å². The number of alkyl halides is 1. The van der Waals surface area contributed by atoms with Crippen molar-refractivity contribution in [2.45, 2.75) is 29.7 Å². The molecule has 0 amide bonds. The SMILES string of the molecule is OC[C@H]1O[C@@H](N2CN=C3C2=NC=NC3(O)Cl)[C@H](O)[C@@H]1O. The van der Waals surface area contributed by atoms with Crippen molar-refractivity contribution in [2.24, 2.45) is 15.0 Å². The second kappa shape index (κ2) is 4.72. The van der Waals surface area contributed by atoms with Crippen molar-refractivity contribution in [2.75, 3.05) is 13.3 Å². The molecular formula is C10H13ClN4O5. The first-order valence-corrected chi connectivity index (χ1v) is 6.30. The quantitative estimate of drug-likeness (QED) is 0.328. The Bertz CT molecular complexity index is 508. The molecule has 9 nitrogen and oxygen atoms in total. The molecule has 110 valence electrons. The molecule has 0 aliphatic carbocycles. The number of aliphatic hydroxyl groups is 4. The van der Waals surface area contributed by atoms with Crippen molar-refractivity contribution < 1.29 is 25.2 Å². The van der Waals surface area contributed by atoms with Crippen molar-refractivity contribution in [3.8, 4) is 0 Å². The van der Waals surface area contributed by atoms with Crippen LogP contribution in [0.15, 0.2) is 15.0 Å². The lowest BCUT2D eigenvalue weighted by Gasteiger charge is -2.29. The van der Waals surface area contributed by atoms with E-state index in [4.69, 9.17) is 21.4 Å². The normalized spacial score (nSPS) is 43.5. The maximum Gasteiger partial charge on any atom is 0.283 e. The lowest BCUT2D eigenvalue weighted by atomic mass is 10.1. The van der Waals surface area contributed by atoms with E-state index in [1.54, 1.807) is 0 Å². The Hall–Kier alpha value is -1.10. The zero-order valence-electron chi connectivity index (χ0n) is 10.2. The largest absolute Gasteiger partial charge is 0.394 e. The fourth-order valence-electron chi connectivity index (χ4n) is 2.36. The number of rotatable bonds is 2. The number of fused-ring (bicyclic) bond motifs is 1. The van der Waals surface area contributed by atoms with E-state index in [-0.39, 0.29) is 18.2 Å². The number of amidine groups is 1. The van der Waals surface area contributed by atoms with Gasteiger partial charge in [0.05, 0.1) is 6.61 Å². The van der Waals surface area contributed by atoms with Gasteiger partial charge in [0.2, 0.25) is 0 Å². The highest BCUT2D eigenvalue weighted by Gasteiger charge is 2.50. The maximum absolute atomic E-state index is 9.98. The Morgan fingerprint density at radius 3 is 2.85 bits per heavy atom. The number of nitrogens with zero attached hydrogens (tertiary/aromatic N) is 4. The van der Waals surface area contributed by atoms with Gasteiger partial charge in [-0.05, 0) is 0 Å². The number of ether oxygens (including phenoxy) is 1. The van der Waals surface area contributed by atoms with Gasteiger partial charge in [-0.1, -0.05) is 11.6 Å². The Morgan fingerprint density at radius 1 is 1.45 bits per heavy atom. The predicted molar refractivity (Wildman–Crippen MR) is 68.6 cm³/mol. The number of aliphatic hydroxyl groups excluding tert-OH is 3. The molecule has 1 saturated heterocycles. The van der Waals surface area contributed by atoms with Crippen LogP contribution in [0.25, 0.3) is 0 Å². The van der Waals surface area contributed by atoms with Crippen LogP contribution in [0.4, 0.5) is 0 Å². The van der Waals surface area contributed by atoms with Crippen LogP contribution in [-0.2, 0) is 4.74 Å². The van der Waals surface area contributed by atoms with Gasteiger partial charge >= 0.3 is 0 Å². The molecular weight excluding hydrogens is 292 g/mol. The minimum Gasteiger partial charge on any atom is -0.394 e. The number of hydrogen-bond donors (Lipinski definition) is 4. The summed E-state index contributed by atoms with van der Waals surface area (Å²) in [5, 5.41) is 36.7. The van der Waals surface area contributed by atoms with Gasteiger partial charge in [-0.25, -0.2) is 9.98 Å². The first-order chi connectivity index (χ1) is 9.45. The van der Waals surface area contributed by atoms with Crippen LogP contribution in [0.2, 0.25) is 0 Å². The number of aliphatic imine (C=N–C) groups is 3. The van der Waals surface area contributed by atoms with E-state index in [0.29, 0.717) is 0 Å². The average Bonchev–Trinajstić information content (AvgIpc) is 2.94. The molecule has 0 saturated carbocycles. The van der Waals surface area contributed by atoms with Gasteiger partial charge in [0.15, 0.2) is 17.8 Å². The van der Waals surface area contributed by atoms with Crippen LogP contribution in [-0.4, -0.2) is 86.2 Å². The Kier molecular flexibility index (Phi) is 3.27. The summed E-state index contributed by atoms with van der Waals surface area (Å²) in [6.45, 7) is -0.386. The van der Waals surface area contributed by atoms with Gasteiger partial charge in [0.25, 0.3) is 5.18 Å². The molecule has 0 aromatic rings. The molecule has 3 heterocycles. The topological polar surface area (TPSA) is 130 Å². The summed E-state index contributed by atoms with van der Waals surface area (Å²) in [6, 6.07) is 0. The highest BCUT2D eigenvalue weighted by Crippen LogP contribution is 2.30. The lowest BCUT2D eigenvalue weighted by Crippen LogP contribution is -2.50. The zero-order valence-corrected chi connectivity index (χ0v) is 10.9. The number of halogens is 1. The Labute approximate surface area is 118 Å². The van der Waals surface area contributed by atoms with Crippen molar-refractivity contribution in [1.29, 1.82) is 0 Å². The summed E-state index contributed by atoms with van der Waals surface area (Å²) in [7, 11) is 0. The molecule has 1 unspecified atom stereocenters. The van der Waals surface area contributed by atoms with Crippen LogP contribution in [0.5, 0.6) is 0 Å². The fourth-order valence-corrected chi connectivity index (χ4v) is 2.55. The predicted octanol–water partition coefficient (Wildman–Crippen LogP) is -2.54. The third-order valence-electron chi connectivity index (χ3n) is 3.40. The molecule has 1 fully saturated rings. The molecule has 4 N–H and O–H groups in total. The minimum atomic E-state index is -2.00. The second-order valence-corrected chi connectivity index (χ2v) is 5.16. The second-order valence-electron chi connectivity index (χ2n) is 4.63. The van der Waals surface area contributed by atoms with Crippen molar-refractivity contribution >= 4 is 29.5 Å². The molecule has 0 bridgehead atoms. The van der Waals surface area contributed by atoms with Crippen LogP contribution in [0, 0.1) is 0 Å². The summed E-state index contributed by atoms with van der Waals surface area (Å²) >= 11 is 5.79. The van der Waals surface area contributed by atoms with E-state index in [2.05, 4.69) is 15.0 Å². The summed E-state index contributed by atoms with van der Waals surface area (Å²) in [6.07, 6.45) is -3.22. The average molecular weight is 305 g/mol. The van der Waals surface area contributed by atoms with Gasteiger partial charge in [-0.2, -0.15) is 0 Å². The smallest absolute Gasteiger partial charge is 0.283 e. The zero-order chi connectivity index (χ0) is 14.5. The molecule has 3 aliphatic rings. The molecule has 5 atom stereocenters. The standard InChI is InChI=1S/C10H13ClN4O5/c11-10(19)7-8(12-2-14-10)15(3-13-7)9-6(18)5(17)4(1-16)20-9/h2,4-6,9,16-19H,1,3H2/t4-,5-,6-,9-,10?/m1/s1. The molecule has 0 spiro atoms. The van der Waals surface area contributed by atoms with Gasteiger partial charge in [0.1, 0.15) is 31.3 Å². The molecule has 3 rings (SSSR count). The van der Waals surface area contributed by atoms with Crippen LogP contribution in [0.1, 0.15) is 0 Å². The molecule has 0 aromatic heterocycles. The van der Waals surface area contributed by atoms with Gasteiger partial charge in [0, 0.05) is 0 Å². The van der Waals surface area contributed by atoms with Crippen LogP contribution >= 0.6 is 11.6 Å². The van der Waals surface area contributed by atoms with Crippen molar-refractivity contribution in [3.05, 3.63) is 0 Å². The van der Waals surface area contributed by atoms with E-state index in [0.717, 1.165) is 6.34 Å². The fraction of sp³-hybridized carbons (Fsp3) is 0.700. The summed E-state index contributed by atoms with van der Waals surface area (Å²) in [4.78, 5) is 13.0. The van der Waals surface area contributed by atoms with E-state index < -0.39 is 36.3 Å². The van der Waals surface area contributed by atoms with Crippen molar-refractivity contribution in [1.82, 2.24) is 4.90 Å². The van der Waals surface area contributed by atoms with Crippen LogP contribution in [0.3, 0.4) is 0 Å². The molecule has 0 aromatic carbocycles. The summed E-state index contributed by atoms with van der Waals surface area (Å²) < 4.78 is 5.39. The Morgan fingerprint density at radius 2 is 2.20 bits per heavy atom. The molecule has 0 radical (unpaired) electrons. The summed E-state index contributed by atoms with van der Waals surface area (Å²) in [5.74, 6) is 0.215. The highest BCUT2D eigenvalue weighted by molar-refractivity contribution is 6.56. The van der Waals surface area contributed by atoms with Crippen molar-refractivity contribution in [3.63, 3.8) is 0 Å². The first kappa shape index (κ1) is 13.9. The monoisotopic (exact) mass is 304 g/mol. The van der Waals surface area contributed by atoms with E-state index >= 15 is 0 Å². The van der Waals surface area contributed by atoms with Crippen LogP contribution < -0.4 is 0 Å². The minimum absolute atomic E-state index is 0.0408. The third-order valence-corrected chi connectivity index (χ3v) is 3.68. The van der Waals surface area contributed by atoms with E-state index in [9.17, 15) is 15.3 Å². The van der Waals surface area contributed by atoms with E-state index in [1.807, 2.05) is 0 Å². The van der Waals surface area contributed by atoms with E-state index in [1.165, 1.54) is 4.90 Å². The maximum atomic E-state index is 9.98. The third kappa shape index (κ3) is 1.94. The Balaban J connectivity index is 1.85. The molecule has 3 aliphatic heterocycles. The van der Waals surface area contributed by atoms with Gasteiger partial charge in [-0.15, -0.1) is 0 Å². The highest BCUT2D eigenvalue weighted by atomic mass is 35.5. The molecule has 20 heavy (non-hydrogen) atoms. The first-order valence-electron chi connectivity index (χ1n) is 5.93. The molecule has 10 heteroatoms. The van der Waals surface area contributed by atoms with Gasteiger partial charge < -0.3 is 30.1 Å². The lowest BCUT2D eigenvalue weighted by molar-refractivity contribution is -0.0688. The number of hydrogen-bond acceptors (Lipinski definition) is 9. The summed E-state index contributed by atoms with van der Waals surface area (Å²) in [5.41, 5.74) is 0.0550.